The second-order valence-corrected chi connectivity index (χ2v) is 5.50. The van der Waals surface area contributed by atoms with Crippen LogP contribution in [0.3, 0.4) is 0 Å². The molecule has 0 N–H and O–H groups in total. The average molecular weight is 304 g/mol. The Kier molecular flexibility index (Phi) is 3.98. The van der Waals surface area contributed by atoms with Crippen molar-refractivity contribution in [3.05, 3.63) is 71.3 Å². The average Bonchev–Trinajstić information content (AvgIpc) is 2.56. The monoisotopic (exact) mass is 304 g/mol. The number of hydrogen-bond acceptors (Lipinski definition) is 2. The van der Waals surface area contributed by atoms with Gasteiger partial charge < -0.3 is 9.47 Å². The molecule has 0 saturated carbocycles. The van der Waals surface area contributed by atoms with Crippen molar-refractivity contribution < 1.29 is 18.3 Å². The molecule has 3 rings (SSSR count). The quantitative estimate of drug-likeness (QED) is 0.835. The molecule has 0 radical (unpaired) electrons. The summed E-state index contributed by atoms with van der Waals surface area (Å²) in [6.07, 6.45) is 0.790. The predicted octanol–water partition coefficient (Wildman–Crippen LogP) is 4.44. The van der Waals surface area contributed by atoms with Gasteiger partial charge in [-0.2, -0.15) is 0 Å². The molecule has 1 aliphatic heterocycles. The van der Waals surface area contributed by atoms with Crippen LogP contribution in [0, 0.1) is 0 Å². The second-order valence-electron chi connectivity index (χ2n) is 5.50. The minimum atomic E-state index is -2.90. The maximum atomic E-state index is 13.6. The van der Waals surface area contributed by atoms with Crippen molar-refractivity contribution in [2.45, 2.75) is 25.1 Å². The number of rotatable bonds is 3. The Labute approximate surface area is 128 Å². The Hall–Kier alpha value is -1.78. The first-order valence-corrected chi connectivity index (χ1v) is 7.35. The van der Waals surface area contributed by atoms with Crippen molar-refractivity contribution in [1.29, 1.82) is 0 Å². The lowest BCUT2D eigenvalue weighted by Gasteiger charge is -2.38. The molecule has 1 aliphatic rings. The lowest BCUT2D eigenvalue weighted by atomic mass is 9.93. The lowest BCUT2D eigenvalue weighted by Crippen LogP contribution is -2.39. The topological polar surface area (TPSA) is 18.5 Å². The van der Waals surface area contributed by atoms with E-state index in [1.54, 1.807) is 12.1 Å². The van der Waals surface area contributed by atoms with E-state index in [1.807, 2.05) is 30.3 Å². The standard InChI is InChI=1S/C18H18F2O2/c1-17(19,20)15-9-5-10-16(13-15)18(21-11-6-12-22-18)14-7-3-2-4-8-14/h2-5,7-10,13H,6,11-12H2,1H3. The summed E-state index contributed by atoms with van der Waals surface area (Å²) in [6.45, 7) is 1.95. The molecular formula is C18H18F2O2. The first-order valence-electron chi connectivity index (χ1n) is 7.35. The van der Waals surface area contributed by atoms with E-state index in [0.717, 1.165) is 18.9 Å². The lowest BCUT2D eigenvalue weighted by molar-refractivity contribution is -0.249. The summed E-state index contributed by atoms with van der Waals surface area (Å²) < 4.78 is 39.2. The second kappa shape index (κ2) is 5.78. The van der Waals surface area contributed by atoms with Crippen molar-refractivity contribution in [2.24, 2.45) is 0 Å². The van der Waals surface area contributed by atoms with Crippen LogP contribution >= 0.6 is 0 Å². The summed E-state index contributed by atoms with van der Waals surface area (Å²) in [5, 5.41) is 0. The SMILES string of the molecule is CC(F)(F)c1cccc(C2(c3ccccc3)OCCCO2)c1. The molecule has 1 heterocycles. The number of halogens is 2. The van der Waals surface area contributed by atoms with Gasteiger partial charge in [-0.3, -0.25) is 0 Å². The molecule has 22 heavy (non-hydrogen) atoms. The highest BCUT2D eigenvalue weighted by Gasteiger charge is 2.39. The third-order valence-electron chi connectivity index (χ3n) is 3.80. The summed E-state index contributed by atoms with van der Waals surface area (Å²) in [6, 6.07) is 15.7. The van der Waals surface area contributed by atoms with Gasteiger partial charge in [-0.05, 0) is 12.5 Å². The molecular weight excluding hydrogens is 286 g/mol. The predicted molar refractivity (Wildman–Crippen MR) is 79.8 cm³/mol. The molecule has 2 aromatic carbocycles. The van der Waals surface area contributed by atoms with E-state index in [0.29, 0.717) is 18.8 Å². The minimum Gasteiger partial charge on any atom is -0.342 e. The molecule has 4 heteroatoms. The smallest absolute Gasteiger partial charge is 0.270 e. The minimum absolute atomic E-state index is 0.0434. The number of ether oxygens (including phenoxy) is 2. The highest BCUT2D eigenvalue weighted by atomic mass is 19.3. The van der Waals surface area contributed by atoms with E-state index >= 15 is 0 Å². The van der Waals surface area contributed by atoms with Crippen LogP contribution in [0.5, 0.6) is 0 Å². The highest BCUT2D eigenvalue weighted by Crippen LogP contribution is 2.39. The van der Waals surface area contributed by atoms with Crippen LogP contribution in [0.15, 0.2) is 54.6 Å². The van der Waals surface area contributed by atoms with Crippen LogP contribution < -0.4 is 0 Å². The fourth-order valence-electron chi connectivity index (χ4n) is 2.69. The van der Waals surface area contributed by atoms with Crippen molar-refractivity contribution in [3.8, 4) is 0 Å². The summed E-state index contributed by atoms with van der Waals surface area (Å²) in [7, 11) is 0. The van der Waals surface area contributed by atoms with Gasteiger partial charge in [0, 0.05) is 23.6 Å². The van der Waals surface area contributed by atoms with Crippen LogP contribution in [0.1, 0.15) is 30.0 Å². The number of benzene rings is 2. The van der Waals surface area contributed by atoms with Gasteiger partial charge >= 0.3 is 0 Å². The molecule has 2 nitrogen and oxygen atoms in total. The third-order valence-corrected chi connectivity index (χ3v) is 3.80. The van der Waals surface area contributed by atoms with Gasteiger partial charge in [0.2, 0.25) is 5.79 Å². The van der Waals surface area contributed by atoms with Crippen LogP contribution in [0.25, 0.3) is 0 Å². The molecule has 0 atom stereocenters. The van der Waals surface area contributed by atoms with Crippen LogP contribution in [0.4, 0.5) is 8.78 Å². The summed E-state index contributed by atoms with van der Waals surface area (Å²) >= 11 is 0. The van der Waals surface area contributed by atoms with Crippen molar-refractivity contribution >= 4 is 0 Å². The molecule has 1 fully saturated rings. The molecule has 0 spiro atoms. The van der Waals surface area contributed by atoms with Gasteiger partial charge in [-0.1, -0.05) is 48.5 Å². The third kappa shape index (κ3) is 2.76. The van der Waals surface area contributed by atoms with Gasteiger partial charge in [0.05, 0.1) is 13.2 Å². The van der Waals surface area contributed by atoms with E-state index in [4.69, 9.17) is 9.47 Å². The van der Waals surface area contributed by atoms with Crippen LogP contribution in [-0.2, 0) is 21.2 Å². The Morgan fingerprint density at radius 2 is 1.55 bits per heavy atom. The van der Waals surface area contributed by atoms with Gasteiger partial charge in [-0.15, -0.1) is 0 Å². The number of alkyl halides is 2. The fraction of sp³-hybridized carbons (Fsp3) is 0.333. The maximum absolute atomic E-state index is 13.6. The van der Waals surface area contributed by atoms with Crippen LogP contribution in [0.2, 0.25) is 0 Å². The van der Waals surface area contributed by atoms with E-state index in [9.17, 15) is 8.78 Å². The van der Waals surface area contributed by atoms with Gasteiger partial charge in [0.25, 0.3) is 5.92 Å². The Bertz CT molecular complexity index is 629. The van der Waals surface area contributed by atoms with Crippen molar-refractivity contribution in [3.63, 3.8) is 0 Å². The zero-order valence-electron chi connectivity index (χ0n) is 12.4. The van der Waals surface area contributed by atoms with Crippen molar-refractivity contribution in [1.82, 2.24) is 0 Å². The fourth-order valence-corrected chi connectivity index (χ4v) is 2.69. The van der Waals surface area contributed by atoms with Gasteiger partial charge in [-0.25, -0.2) is 8.78 Å². The zero-order chi connectivity index (χ0) is 15.6. The maximum Gasteiger partial charge on any atom is 0.270 e. The Balaban J connectivity index is 2.11. The molecule has 116 valence electrons. The molecule has 0 aromatic heterocycles. The van der Waals surface area contributed by atoms with E-state index < -0.39 is 11.7 Å². The normalized spacial score (nSPS) is 18.1. The largest absolute Gasteiger partial charge is 0.342 e. The van der Waals surface area contributed by atoms with Gasteiger partial charge in [0.15, 0.2) is 0 Å². The van der Waals surface area contributed by atoms with E-state index in [2.05, 4.69) is 0 Å². The summed E-state index contributed by atoms with van der Waals surface area (Å²) in [5.41, 5.74) is 1.36. The molecule has 0 bridgehead atoms. The summed E-state index contributed by atoms with van der Waals surface area (Å²) in [5.74, 6) is -4.01. The summed E-state index contributed by atoms with van der Waals surface area (Å²) in [4.78, 5) is 0. The molecule has 2 aromatic rings. The molecule has 0 unspecified atom stereocenters. The van der Waals surface area contributed by atoms with E-state index in [-0.39, 0.29) is 5.56 Å². The first kappa shape index (κ1) is 15.1. The Morgan fingerprint density at radius 3 is 2.18 bits per heavy atom. The highest BCUT2D eigenvalue weighted by molar-refractivity contribution is 5.37. The molecule has 0 amide bonds. The number of hydrogen-bond donors (Lipinski definition) is 0. The Morgan fingerprint density at radius 1 is 0.909 bits per heavy atom. The first-order chi connectivity index (χ1) is 10.5. The van der Waals surface area contributed by atoms with Crippen LogP contribution in [-0.4, -0.2) is 13.2 Å². The zero-order valence-corrected chi connectivity index (χ0v) is 12.4. The van der Waals surface area contributed by atoms with E-state index in [1.165, 1.54) is 12.1 Å². The van der Waals surface area contributed by atoms with Gasteiger partial charge in [0.1, 0.15) is 0 Å². The van der Waals surface area contributed by atoms with Crippen molar-refractivity contribution in [2.75, 3.05) is 13.2 Å². The molecule has 0 aliphatic carbocycles. The molecule has 1 saturated heterocycles.